The van der Waals surface area contributed by atoms with E-state index >= 15 is 0 Å². The van der Waals surface area contributed by atoms with Gasteiger partial charge in [-0.15, -0.1) is 11.3 Å². The van der Waals surface area contributed by atoms with Crippen LogP contribution in [-0.4, -0.2) is 14.3 Å². The molecule has 0 radical (unpaired) electrons. The van der Waals surface area contributed by atoms with Crippen molar-refractivity contribution in [1.82, 2.24) is 0 Å². The highest BCUT2D eigenvalue weighted by Gasteiger charge is 2.17. The lowest BCUT2D eigenvalue weighted by Gasteiger charge is -2.12. The van der Waals surface area contributed by atoms with Gasteiger partial charge in [0.15, 0.2) is 0 Å². The molecule has 1 aromatic carbocycles. The maximum absolute atomic E-state index is 12.6. The Balaban J connectivity index is 2.36. The highest BCUT2D eigenvalue weighted by Crippen LogP contribution is 2.28. The molecule has 7 heteroatoms. The molecule has 0 unspecified atom stereocenters. The van der Waals surface area contributed by atoms with E-state index in [9.17, 15) is 13.2 Å². The van der Waals surface area contributed by atoms with Crippen LogP contribution in [0.1, 0.15) is 51.5 Å². The molecular weight excluding hydrogens is 356 g/mol. The standard InChI is InChI=1S/C18H24N2O3S2/c1-5-7-16-13(6-2)9-17(24-16)18(21)20-15-10-14(25(19,22)23)8-11(3)12(15)4/h8-10H,5-7H2,1-4H3,(H,20,21)(H2,19,22,23). The Labute approximate surface area is 153 Å². The molecule has 2 aromatic rings. The Morgan fingerprint density at radius 3 is 2.44 bits per heavy atom. The molecule has 0 atom stereocenters. The highest BCUT2D eigenvalue weighted by atomic mass is 32.2. The summed E-state index contributed by atoms with van der Waals surface area (Å²) in [6, 6.07) is 4.85. The molecule has 0 aliphatic heterocycles. The van der Waals surface area contributed by atoms with Crippen LogP contribution in [0.15, 0.2) is 23.1 Å². The van der Waals surface area contributed by atoms with Crippen LogP contribution in [0, 0.1) is 13.8 Å². The molecule has 0 saturated heterocycles. The molecule has 0 aliphatic carbocycles. The molecule has 1 heterocycles. The minimum atomic E-state index is -3.83. The minimum absolute atomic E-state index is 0.00185. The first-order valence-electron chi connectivity index (χ1n) is 8.24. The summed E-state index contributed by atoms with van der Waals surface area (Å²) in [6.45, 7) is 7.82. The number of hydrogen-bond donors (Lipinski definition) is 2. The summed E-state index contributed by atoms with van der Waals surface area (Å²) in [5.41, 5.74) is 3.25. The minimum Gasteiger partial charge on any atom is -0.321 e. The lowest BCUT2D eigenvalue weighted by atomic mass is 10.1. The molecule has 0 fully saturated rings. The van der Waals surface area contributed by atoms with Gasteiger partial charge in [-0.05, 0) is 61.6 Å². The zero-order valence-corrected chi connectivity index (χ0v) is 16.6. The van der Waals surface area contributed by atoms with E-state index in [1.165, 1.54) is 33.9 Å². The number of primary sulfonamides is 1. The fraction of sp³-hybridized carbons (Fsp3) is 0.389. The third-order valence-corrected chi connectivity index (χ3v) is 6.32. The maximum atomic E-state index is 12.6. The van der Waals surface area contributed by atoms with Crippen LogP contribution in [0.25, 0.3) is 0 Å². The monoisotopic (exact) mass is 380 g/mol. The maximum Gasteiger partial charge on any atom is 0.265 e. The zero-order valence-electron chi connectivity index (χ0n) is 15.0. The van der Waals surface area contributed by atoms with Crippen molar-refractivity contribution >= 4 is 33.0 Å². The Hall–Kier alpha value is -1.70. The number of aryl methyl sites for hydroxylation is 3. The zero-order chi connectivity index (χ0) is 18.8. The predicted octanol–water partition coefficient (Wildman–Crippen LogP) is 3.78. The van der Waals surface area contributed by atoms with Gasteiger partial charge in [-0.2, -0.15) is 0 Å². The molecule has 0 spiro atoms. The molecule has 3 N–H and O–H groups in total. The topological polar surface area (TPSA) is 89.3 Å². The number of anilines is 1. The lowest BCUT2D eigenvalue weighted by Crippen LogP contribution is -2.16. The quantitative estimate of drug-likeness (QED) is 0.799. The van der Waals surface area contributed by atoms with Crippen LogP contribution in [0.4, 0.5) is 5.69 Å². The van der Waals surface area contributed by atoms with Crippen LogP contribution in [0.5, 0.6) is 0 Å². The van der Waals surface area contributed by atoms with Crippen molar-refractivity contribution in [3.8, 4) is 0 Å². The fourth-order valence-corrected chi connectivity index (χ4v) is 4.49. The highest BCUT2D eigenvalue weighted by molar-refractivity contribution is 7.89. The van der Waals surface area contributed by atoms with Crippen molar-refractivity contribution < 1.29 is 13.2 Å². The van der Waals surface area contributed by atoms with E-state index in [4.69, 9.17) is 5.14 Å². The number of nitrogens with two attached hydrogens (primary N) is 1. The summed E-state index contributed by atoms with van der Waals surface area (Å²) >= 11 is 1.50. The molecule has 25 heavy (non-hydrogen) atoms. The van der Waals surface area contributed by atoms with Crippen molar-refractivity contribution in [1.29, 1.82) is 0 Å². The summed E-state index contributed by atoms with van der Waals surface area (Å²) in [5.74, 6) is -0.226. The van der Waals surface area contributed by atoms with Gasteiger partial charge in [0.2, 0.25) is 10.0 Å². The van der Waals surface area contributed by atoms with Crippen molar-refractivity contribution in [2.75, 3.05) is 5.32 Å². The summed E-state index contributed by atoms with van der Waals surface area (Å²) in [6.07, 6.45) is 2.88. The molecule has 0 aliphatic rings. The predicted molar refractivity (Wildman–Crippen MR) is 103 cm³/mol. The van der Waals surface area contributed by atoms with Crippen molar-refractivity contribution in [3.05, 3.63) is 44.6 Å². The summed E-state index contributed by atoms with van der Waals surface area (Å²) < 4.78 is 23.3. The van der Waals surface area contributed by atoms with Crippen molar-refractivity contribution in [2.45, 2.75) is 51.9 Å². The first-order valence-corrected chi connectivity index (χ1v) is 10.6. The number of nitrogens with one attached hydrogen (secondary N) is 1. The van der Waals surface area contributed by atoms with Gasteiger partial charge in [0.1, 0.15) is 0 Å². The van der Waals surface area contributed by atoms with Crippen LogP contribution >= 0.6 is 11.3 Å². The average Bonchev–Trinajstić information content (AvgIpc) is 2.94. The van der Waals surface area contributed by atoms with E-state index in [1.807, 2.05) is 13.0 Å². The number of hydrogen-bond acceptors (Lipinski definition) is 4. The fourth-order valence-electron chi connectivity index (χ4n) is 2.62. The third kappa shape index (κ3) is 4.48. The Morgan fingerprint density at radius 1 is 1.20 bits per heavy atom. The first-order chi connectivity index (χ1) is 11.7. The Bertz CT molecular complexity index is 899. The molecule has 0 bridgehead atoms. The van der Waals surface area contributed by atoms with E-state index in [2.05, 4.69) is 19.2 Å². The van der Waals surface area contributed by atoms with Crippen LogP contribution in [-0.2, 0) is 22.9 Å². The van der Waals surface area contributed by atoms with Crippen LogP contribution in [0.2, 0.25) is 0 Å². The smallest absolute Gasteiger partial charge is 0.265 e. The van der Waals surface area contributed by atoms with Gasteiger partial charge < -0.3 is 5.32 Å². The second-order valence-electron chi connectivity index (χ2n) is 6.07. The van der Waals surface area contributed by atoms with Gasteiger partial charge in [-0.1, -0.05) is 20.3 Å². The van der Waals surface area contributed by atoms with Crippen molar-refractivity contribution in [3.63, 3.8) is 0 Å². The van der Waals surface area contributed by atoms with Gasteiger partial charge in [-0.25, -0.2) is 13.6 Å². The van der Waals surface area contributed by atoms with Gasteiger partial charge in [-0.3, -0.25) is 4.79 Å². The number of carbonyl (C=O) groups is 1. The van der Waals surface area contributed by atoms with Gasteiger partial charge in [0, 0.05) is 10.6 Å². The van der Waals surface area contributed by atoms with E-state index in [0.29, 0.717) is 10.6 Å². The van der Waals surface area contributed by atoms with Crippen LogP contribution < -0.4 is 10.5 Å². The average molecular weight is 381 g/mol. The van der Waals surface area contributed by atoms with Gasteiger partial charge in [0.25, 0.3) is 5.91 Å². The lowest BCUT2D eigenvalue weighted by molar-refractivity contribution is 0.103. The molecule has 1 amide bonds. The molecule has 5 nitrogen and oxygen atoms in total. The molecule has 136 valence electrons. The normalized spacial score (nSPS) is 11.6. The molecular formula is C18H24N2O3S2. The summed E-state index contributed by atoms with van der Waals surface area (Å²) in [5, 5.41) is 8.06. The first kappa shape index (κ1) is 19.6. The largest absolute Gasteiger partial charge is 0.321 e. The van der Waals surface area contributed by atoms with E-state index in [1.54, 1.807) is 6.92 Å². The third-order valence-electron chi connectivity index (χ3n) is 4.20. The number of carbonyl (C=O) groups excluding carboxylic acids is 1. The SMILES string of the molecule is CCCc1sc(C(=O)Nc2cc(S(N)(=O)=O)cc(C)c2C)cc1CC. The van der Waals surface area contributed by atoms with E-state index < -0.39 is 10.0 Å². The summed E-state index contributed by atoms with van der Waals surface area (Å²) in [4.78, 5) is 14.5. The van der Waals surface area contributed by atoms with Crippen molar-refractivity contribution in [2.24, 2.45) is 5.14 Å². The second-order valence-corrected chi connectivity index (χ2v) is 8.77. The van der Waals surface area contributed by atoms with Gasteiger partial charge >= 0.3 is 0 Å². The number of benzene rings is 1. The number of amides is 1. The molecule has 2 rings (SSSR count). The second kappa shape index (κ2) is 7.68. The molecule has 1 aromatic heterocycles. The number of sulfonamides is 1. The van der Waals surface area contributed by atoms with E-state index in [-0.39, 0.29) is 10.8 Å². The van der Waals surface area contributed by atoms with Crippen LogP contribution in [0.3, 0.4) is 0 Å². The Morgan fingerprint density at radius 2 is 1.88 bits per heavy atom. The number of rotatable bonds is 6. The summed E-state index contributed by atoms with van der Waals surface area (Å²) in [7, 11) is -3.83. The van der Waals surface area contributed by atoms with E-state index in [0.717, 1.165) is 30.4 Å². The molecule has 0 saturated carbocycles. The number of thiophene rings is 1. The van der Waals surface area contributed by atoms with Gasteiger partial charge in [0.05, 0.1) is 9.77 Å². The Kier molecular flexibility index (Phi) is 6.03.